The number of sulfonamides is 1. The van der Waals surface area contributed by atoms with Gasteiger partial charge < -0.3 is 4.74 Å². The van der Waals surface area contributed by atoms with Gasteiger partial charge in [0.1, 0.15) is 5.75 Å². The first-order chi connectivity index (χ1) is 15.3. The second-order valence-corrected chi connectivity index (χ2v) is 9.37. The number of hydrogen-bond donors (Lipinski definition) is 1. The standard InChI is InChI=1S/C23H19N3O4S2/c1-30-19-9-5-6-16(14-19)15-21-22(27)26(18-7-3-2-4-8-18)23(31-21)25-17-10-12-20(13-11-17)32(24,28)29/h2-15H,1H3,(H2,24,28,29)/b21-15?,25-23-. The summed E-state index contributed by atoms with van der Waals surface area (Å²) in [4.78, 5) is 19.9. The number of primary sulfonamides is 1. The molecular formula is C23H19N3O4S2. The SMILES string of the molecule is COc1cccc(C=C2S/C(=N\c3ccc(S(N)(=O)=O)cc3)N(c3ccccc3)C2=O)c1. The smallest absolute Gasteiger partial charge is 0.271 e. The summed E-state index contributed by atoms with van der Waals surface area (Å²) >= 11 is 1.24. The molecule has 32 heavy (non-hydrogen) atoms. The molecule has 7 nitrogen and oxygen atoms in total. The van der Waals surface area contributed by atoms with Crippen LogP contribution in [0, 0.1) is 0 Å². The maximum Gasteiger partial charge on any atom is 0.271 e. The van der Waals surface area contributed by atoms with Crippen LogP contribution in [0.15, 0.2) is 93.7 Å². The van der Waals surface area contributed by atoms with Crippen molar-refractivity contribution in [2.75, 3.05) is 12.0 Å². The molecule has 0 aromatic heterocycles. The minimum atomic E-state index is -3.80. The van der Waals surface area contributed by atoms with E-state index >= 15 is 0 Å². The number of rotatable bonds is 5. The Morgan fingerprint density at radius 3 is 2.38 bits per heavy atom. The number of amides is 1. The molecule has 0 bridgehead atoms. The van der Waals surface area contributed by atoms with Gasteiger partial charge in [-0.05, 0) is 71.9 Å². The van der Waals surface area contributed by atoms with E-state index in [9.17, 15) is 13.2 Å². The molecule has 0 spiro atoms. The van der Waals surface area contributed by atoms with Gasteiger partial charge in [-0.1, -0.05) is 30.3 Å². The van der Waals surface area contributed by atoms with Crippen LogP contribution in [0.2, 0.25) is 0 Å². The number of nitrogens with zero attached hydrogens (tertiary/aromatic N) is 2. The van der Waals surface area contributed by atoms with Gasteiger partial charge in [-0.15, -0.1) is 0 Å². The normalized spacial score (nSPS) is 16.7. The maximum atomic E-state index is 13.3. The first-order valence-corrected chi connectivity index (χ1v) is 11.9. The fraction of sp³-hybridized carbons (Fsp3) is 0.0435. The molecule has 1 amide bonds. The molecule has 0 radical (unpaired) electrons. The lowest BCUT2D eigenvalue weighted by Crippen LogP contribution is -2.28. The van der Waals surface area contributed by atoms with E-state index < -0.39 is 10.0 Å². The van der Waals surface area contributed by atoms with Crippen LogP contribution in [-0.2, 0) is 14.8 Å². The van der Waals surface area contributed by atoms with Gasteiger partial charge in [0.15, 0.2) is 5.17 Å². The van der Waals surface area contributed by atoms with E-state index in [1.54, 1.807) is 25.3 Å². The third kappa shape index (κ3) is 4.75. The molecule has 0 unspecified atom stereocenters. The highest BCUT2D eigenvalue weighted by Gasteiger charge is 2.34. The first kappa shape index (κ1) is 21.8. The number of hydrogen-bond acceptors (Lipinski definition) is 6. The summed E-state index contributed by atoms with van der Waals surface area (Å²) in [5.41, 5.74) is 2.00. The number of ether oxygens (including phenoxy) is 1. The molecule has 1 aliphatic heterocycles. The van der Waals surface area contributed by atoms with Crippen molar-refractivity contribution in [3.63, 3.8) is 0 Å². The molecule has 1 aliphatic rings. The Morgan fingerprint density at radius 2 is 1.72 bits per heavy atom. The van der Waals surface area contributed by atoms with Crippen molar-refractivity contribution in [3.05, 3.63) is 89.3 Å². The molecule has 3 aromatic rings. The summed E-state index contributed by atoms with van der Waals surface area (Å²) in [6.45, 7) is 0. The molecule has 2 N–H and O–H groups in total. The maximum absolute atomic E-state index is 13.3. The molecule has 1 heterocycles. The van der Waals surface area contributed by atoms with Crippen LogP contribution in [0.25, 0.3) is 6.08 Å². The van der Waals surface area contributed by atoms with E-state index in [0.29, 0.717) is 27.2 Å². The minimum Gasteiger partial charge on any atom is -0.497 e. The highest BCUT2D eigenvalue weighted by Crippen LogP contribution is 2.37. The second kappa shape index (κ2) is 8.99. The highest BCUT2D eigenvalue weighted by molar-refractivity contribution is 8.19. The third-order valence-corrected chi connectivity index (χ3v) is 6.50. The average molecular weight is 466 g/mol. The molecule has 162 valence electrons. The summed E-state index contributed by atoms with van der Waals surface area (Å²) in [6, 6.07) is 22.5. The van der Waals surface area contributed by atoms with Gasteiger partial charge in [-0.2, -0.15) is 0 Å². The number of nitrogens with two attached hydrogens (primary N) is 1. The number of carbonyl (C=O) groups excluding carboxylic acids is 1. The molecule has 3 aromatic carbocycles. The van der Waals surface area contributed by atoms with E-state index in [1.165, 1.54) is 28.8 Å². The van der Waals surface area contributed by atoms with Gasteiger partial charge >= 0.3 is 0 Å². The molecule has 1 fully saturated rings. The summed E-state index contributed by atoms with van der Waals surface area (Å²) < 4.78 is 28.3. The summed E-state index contributed by atoms with van der Waals surface area (Å²) in [7, 11) is -2.21. The number of para-hydroxylation sites is 1. The van der Waals surface area contributed by atoms with Gasteiger partial charge in [0.25, 0.3) is 5.91 Å². The van der Waals surface area contributed by atoms with E-state index in [1.807, 2.05) is 54.6 Å². The van der Waals surface area contributed by atoms with Crippen molar-refractivity contribution in [1.82, 2.24) is 0 Å². The van der Waals surface area contributed by atoms with Gasteiger partial charge in [0.2, 0.25) is 10.0 Å². The van der Waals surface area contributed by atoms with Crippen LogP contribution in [0.4, 0.5) is 11.4 Å². The number of anilines is 1. The molecular weight excluding hydrogens is 446 g/mol. The Bertz CT molecular complexity index is 1320. The lowest BCUT2D eigenvalue weighted by atomic mass is 10.2. The molecule has 1 saturated heterocycles. The van der Waals surface area contributed by atoms with Crippen LogP contribution in [-0.4, -0.2) is 26.6 Å². The summed E-state index contributed by atoms with van der Waals surface area (Å²) in [5, 5.41) is 5.62. The van der Waals surface area contributed by atoms with E-state index in [2.05, 4.69) is 4.99 Å². The van der Waals surface area contributed by atoms with Crippen molar-refractivity contribution in [1.29, 1.82) is 0 Å². The molecule has 0 atom stereocenters. The lowest BCUT2D eigenvalue weighted by molar-refractivity contribution is -0.113. The van der Waals surface area contributed by atoms with Crippen molar-refractivity contribution < 1.29 is 17.9 Å². The molecule has 0 saturated carbocycles. The summed E-state index contributed by atoms with van der Waals surface area (Å²) in [6.07, 6.45) is 1.79. The lowest BCUT2D eigenvalue weighted by Gasteiger charge is -2.15. The van der Waals surface area contributed by atoms with E-state index in [0.717, 1.165) is 5.56 Å². The zero-order valence-electron chi connectivity index (χ0n) is 17.0. The van der Waals surface area contributed by atoms with Crippen molar-refractivity contribution in [2.45, 2.75) is 4.90 Å². The van der Waals surface area contributed by atoms with Gasteiger partial charge in [0.05, 0.1) is 28.3 Å². The zero-order chi connectivity index (χ0) is 22.7. The monoisotopic (exact) mass is 465 g/mol. The number of thioether (sulfide) groups is 1. The number of aliphatic imine (C=N–C) groups is 1. The largest absolute Gasteiger partial charge is 0.497 e. The highest BCUT2D eigenvalue weighted by atomic mass is 32.2. The molecule has 0 aliphatic carbocycles. The minimum absolute atomic E-state index is 0.00451. The van der Waals surface area contributed by atoms with Crippen LogP contribution < -0.4 is 14.8 Å². The zero-order valence-corrected chi connectivity index (χ0v) is 18.6. The van der Waals surface area contributed by atoms with Crippen molar-refractivity contribution >= 4 is 50.3 Å². The van der Waals surface area contributed by atoms with Crippen LogP contribution in [0.1, 0.15) is 5.56 Å². The quantitative estimate of drug-likeness (QED) is 0.570. The summed E-state index contributed by atoms with van der Waals surface area (Å²) in [5.74, 6) is 0.488. The number of benzene rings is 3. The Hall–Kier alpha value is -3.40. The Labute approximate surface area is 190 Å². The predicted molar refractivity (Wildman–Crippen MR) is 127 cm³/mol. The topological polar surface area (TPSA) is 102 Å². The Kier molecular flexibility index (Phi) is 6.13. The fourth-order valence-electron chi connectivity index (χ4n) is 3.06. The average Bonchev–Trinajstić information content (AvgIpc) is 3.08. The third-order valence-electron chi connectivity index (χ3n) is 4.60. The van der Waals surface area contributed by atoms with Crippen LogP contribution >= 0.6 is 11.8 Å². The Morgan fingerprint density at radius 1 is 1.00 bits per heavy atom. The van der Waals surface area contributed by atoms with Crippen LogP contribution in [0.3, 0.4) is 0 Å². The van der Waals surface area contributed by atoms with Gasteiger partial charge in [0, 0.05) is 0 Å². The molecule has 9 heteroatoms. The van der Waals surface area contributed by atoms with E-state index in [4.69, 9.17) is 9.88 Å². The first-order valence-electron chi connectivity index (χ1n) is 9.50. The fourth-order valence-corrected chi connectivity index (χ4v) is 4.57. The predicted octanol–water partition coefficient (Wildman–Crippen LogP) is 4.15. The number of amidine groups is 1. The van der Waals surface area contributed by atoms with Crippen molar-refractivity contribution in [2.24, 2.45) is 10.1 Å². The molecule has 4 rings (SSSR count). The van der Waals surface area contributed by atoms with Crippen LogP contribution in [0.5, 0.6) is 5.75 Å². The van der Waals surface area contributed by atoms with Crippen molar-refractivity contribution in [3.8, 4) is 5.75 Å². The van der Waals surface area contributed by atoms with E-state index in [-0.39, 0.29) is 10.8 Å². The second-order valence-electron chi connectivity index (χ2n) is 6.80. The van der Waals surface area contributed by atoms with Gasteiger partial charge in [-0.3, -0.25) is 9.69 Å². The van der Waals surface area contributed by atoms with Gasteiger partial charge in [-0.25, -0.2) is 18.5 Å². The Balaban J connectivity index is 1.74. The number of carbonyl (C=O) groups is 1. The number of methoxy groups -OCH3 is 1.